The second kappa shape index (κ2) is 6.13. The van der Waals surface area contributed by atoms with E-state index < -0.39 is 23.9 Å². The first kappa shape index (κ1) is 15.6. The normalized spacial score (nSPS) is 10.9. The van der Waals surface area contributed by atoms with Gasteiger partial charge in [-0.25, -0.2) is 0 Å². The molecule has 110 valence electrons. The second-order valence-electron chi connectivity index (χ2n) is 3.77. The fourth-order valence-electron chi connectivity index (χ4n) is 1.31. The van der Waals surface area contributed by atoms with Gasteiger partial charge in [-0.05, 0) is 18.2 Å². The maximum Gasteiger partial charge on any atom is 0.573 e. The minimum Gasteiger partial charge on any atom is -0.404 e. The Morgan fingerprint density at radius 1 is 1.30 bits per heavy atom. The molecular weight excluding hydrogens is 279 g/mol. The number of halogens is 3. The molecule has 0 aliphatic carbocycles. The summed E-state index contributed by atoms with van der Waals surface area (Å²) in [4.78, 5) is 22.1. The smallest absolute Gasteiger partial charge is 0.404 e. The molecule has 0 saturated heterocycles. The fraction of sp³-hybridized carbons (Fsp3) is 0.273. The van der Waals surface area contributed by atoms with Gasteiger partial charge in [0.25, 0.3) is 5.91 Å². The molecule has 0 saturated carbocycles. The lowest BCUT2D eigenvalue weighted by molar-refractivity contribution is -0.274. The lowest BCUT2D eigenvalue weighted by Crippen LogP contribution is -2.28. The summed E-state index contributed by atoms with van der Waals surface area (Å²) in [5.41, 5.74) is 9.97. The predicted octanol–water partition coefficient (Wildman–Crippen LogP) is 0.773. The van der Waals surface area contributed by atoms with Crippen molar-refractivity contribution >= 4 is 17.5 Å². The molecule has 0 atom stereocenters. The van der Waals surface area contributed by atoms with E-state index in [2.05, 4.69) is 10.1 Å². The van der Waals surface area contributed by atoms with Gasteiger partial charge in [0.1, 0.15) is 0 Å². The molecule has 0 spiro atoms. The first-order valence-corrected chi connectivity index (χ1v) is 5.41. The van der Waals surface area contributed by atoms with Crippen molar-refractivity contribution in [2.45, 2.75) is 12.8 Å². The van der Waals surface area contributed by atoms with Crippen LogP contribution in [0, 0.1) is 0 Å². The van der Waals surface area contributed by atoms with Crippen LogP contribution in [0.15, 0.2) is 18.2 Å². The maximum atomic E-state index is 12.0. The Balaban J connectivity index is 2.71. The quantitative estimate of drug-likeness (QED) is 0.696. The third-order valence-corrected chi connectivity index (χ3v) is 2.15. The van der Waals surface area contributed by atoms with Crippen molar-refractivity contribution in [1.29, 1.82) is 0 Å². The fourth-order valence-corrected chi connectivity index (χ4v) is 1.31. The van der Waals surface area contributed by atoms with Crippen molar-refractivity contribution in [2.24, 2.45) is 5.73 Å². The first-order valence-electron chi connectivity index (χ1n) is 5.41. The van der Waals surface area contributed by atoms with Gasteiger partial charge in [-0.1, -0.05) is 0 Å². The zero-order chi connectivity index (χ0) is 15.3. The van der Waals surface area contributed by atoms with Crippen molar-refractivity contribution in [3.63, 3.8) is 0 Å². The highest BCUT2D eigenvalue weighted by Gasteiger charge is 2.32. The van der Waals surface area contributed by atoms with Gasteiger partial charge >= 0.3 is 6.36 Å². The average Bonchev–Trinajstić information content (AvgIpc) is 2.29. The van der Waals surface area contributed by atoms with Crippen molar-refractivity contribution in [3.8, 4) is 5.75 Å². The third kappa shape index (κ3) is 5.04. The highest BCUT2D eigenvalue weighted by Crippen LogP contribution is 2.28. The van der Waals surface area contributed by atoms with Gasteiger partial charge in [-0.2, -0.15) is 0 Å². The largest absolute Gasteiger partial charge is 0.573 e. The van der Waals surface area contributed by atoms with Crippen LogP contribution in [0.5, 0.6) is 5.75 Å². The van der Waals surface area contributed by atoms with Crippen LogP contribution in [0.3, 0.4) is 0 Å². The van der Waals surface area contributed by atoms with Crippen LogP contribution in [0.25, 0.3) is 0 Å². The molecule has 0 bridgehead atoms. The van der Waals surface area contributed by atoms with Gasteiger partial charge in [0.2, 0.25) is 5.91 Å². The highest BCUT2D eigenvalue weighted by molar-refractivity contribution is 5.95. The number of anilines is 1. The minimum absolute atomic E-state index is 0.0227. The van der Waals surface area contributed by atoms with E-state index in [1.54, 1.807) is 0 Å². The topological polar surface area (TPSA) is 107 Å². The number of primary amides is 1. The molecule has 0 heterocycles. The van der Waals surface area contributed by atoms with Gasteiger partial charge in [0.15, 0.2) is 5.75 Å². The molecule has 1 rings (SSSR count). The molecule has 1 aromatic carbocycles. The van der Waals surface area contributed by atoms with Crippen LogP contribution in [0.1, 0.15) is 16.8 Å². The summed E-state index contributed by atoms with van der Waals surface area (Å²) in [5, 5.41) is 2.37. The Morgan fingerprint density at radius 3 is 2.45 bits per heavy atom. The number of carbonyl (C=O) groups excluding carboxylic acids is 2. The van der Waals surface area contributed by atoms with Gasteiger partial charge in [-0.3, -0.25) is 9.59 Å². The zero-order valence-corrected chi connectivity index (χ0v) is 10.2. The molecule has 0 unspecified atom stereocenters. The molecule has 9 heteroatoms. The molecule has 20 heavy (non-hydrogen) atoms. The first-order chi connectivity index (χ1) is 9.19. The number of carbonyl (C=O) groups is 2. The Morgan fingerprint density at radius 2 is 1.95 bits per heavy atom. The van der Waals surface area contributed by atoms with Crippen molar-refractivity contribution in [1.82, 2.24) is 5.32 Å². The van der Waals surface area contributed by atoms with E-state index in [1.165, 1.54) is 0 Å². The van der Waals surface area contributed by atoms with Crippen LogP contribution in [0.4, 0.5) is 18.9 Å². The van der Waals surface area contributed by atoms with Gasteiger partial charge in [0, 0.05) is 18.5 Å². The number of benzene rings is 1. The second-order valence-corrected chi connectivity index (χ2v) is 3.77. The number of nitrogen functional groups attached to an aromatic ring is 1. The van der Waals surface area contributed by atoms with E-state index in [9.17, 15) is 22.8 Å². The van der Waals surface area contributed by atoms with Crippen LogP contribution in [0.2, 0.25) is 0 Å². The molecule has 5 N–H and O–H groups in total. The zero-order valence-electron chi connectivity index (χ0n) is 10.2. The maximum absolute atomic E-state index is 12.0. The number of amides is 2. The van der Waals surface area contributed by atoms with Crippen molar-refractivity contribution < 1.29 is 27.5 Å². The van der Waals surface area contributed by atoms with E-state index in [0.29, 0.717) is 0 Å². The average molecular weight is 291 g/mol. The molecular formula is C11H12F3N3O3. The SMILES string of the molecule is NC(=O)CCNC(=O)c1ccc(OC(F)(F)F)c(N)c1. The van der Waals surface area contributed by atoms with E-state index in [0.717, 1.165) is 18.2 Å². The number of hydrogen-bond donors (Lipinski definition) is 3. The summed E-state index contributed by atoms with van der Waals surface area (Å²) >= 11 is 0. The highest BCUT2D eigenvalue weighted by atomic mass is 19.4. The molecule has 0 aliphatic heterocycles. The number of rotatable bonds is 5. The van der Waals surface area contributed by atoms with Gasteiger partial charge in [0.05, 0.1) is 5.69 Å². The van der Waals surface area contributed by atoms with Crippen LogP contribution in [-0.4, -0.2) is 24.7 Å². The summed E-state index contributed by atoms with van der Waals surface area (Å²) in [7, 11) is 0. The Labute approximate surface area is 111 Å². The Hall–Kier alpha value is -2.45. The molecule has 0 radical (unpaired) electrons. The number of hydrogen-bond acceptors (Lipinski definition) is 4. The molecule has 1 aromatic rings. The molecule has 0 aromatic heterocycles. The van der Waals surface area contributed by atoms with Crippen molar-refractivity contribution in [2.75, 3.05) is 12.3 Å². The summed E-state index contributed by atoms with van der Waals surface area (Å²) in [6.07, 6.45) is -4.91. The van der Waals surface area contributed by atoms with E-state index in [1.807, 2.05) is 0 Å². The van der Waals surface area contributed by atoms with E-state index >= 15 is 0 Å². The molecule has 2 amide bonds. The third-order valence-electron chi connectivity index (χ3n) is 2.15. The molecule has 0 fully saturated rings. The van der Waals surface area contributed by atoms with Crippen LogP contribution < -0.4 is 21.5 Å². The summed E-state index contributed by atoms with van der Waals surface area (Å²) in [6, 6.07) is 3.10. The number of alkyl halides is 3. The van der Waals surface area contributed by atoms with Gasteiger partial charge < -0.3 is 21.5 Å². The summed E-state index contributed by atoms with van der Waals surface area (Å²) in [6.45, 7) is 0.0227. The lowest BCUT2D eigenvalue weighted by atomic mass is 10.1. The Kier molecular flexibility index (Phi) is 4.78. The number of nitrogens with one attached hydrogen (secondary N) is 1. The van der Waals surface area contributed by atoms with Crippen LogP contribution >= 0.6 is 0 Å². The predicted molar refractivity (Wildman–Crippen MR) is 63.7 cm³/mol. The molecule has 6 nitrogen and oxygen atoms in total. The monoisotopic (exact) mass is 291 g/mol. The minimum atomic E-state index is -4.86. The number of ether oxygens (including phenoxy) is 1. The standard InChI is InChI=1S/C11H12F3N3O3/c12-11(13,14)20-8-2-1-6(5-7(8)15)10(19)17-4-3-9(16)18/h1-2,5H,3-4,15H2,(H2,16,18)(H,17,19). The summed E-state index contributed by atoms with van der Waals surface area (Å²) < 4.78 is 39.7. The summed E-state index contributed by atoms with van der Waals surface area (Å²) in [5.74, 6) is -1.76. The van der Waals surface area contributed by atoms with Crippen molar-refractivity contribution in [3.05, 3.63) is 23.8 Å². The van der Waals surface area contributed by atoms with Gasteiger partial charge in [-0.15, -0.1) is 13.2 Å². The lowest BCUT2D eigenvalue weighted by Gasteiger charge is -2.12. The molecule has 0 aliphatic rings. The van der Waals surface area contributed by atoms with E-state index in [4.69, 9.17) is 11.5 Å². The van der Waals surface area contributed by atoms with E-state index in [-0.39, 0.29) is 24.2 Å². The Bertz CT molecular complexity index is 517. The number of nitrogens with two attached hydrogens (primary N) is 2. The van der Waals surface area contributed by atoms with Crippen LogP contribution in [-0.2, 0) is 4.79 Å².